The third-order valence-electron chi connectivity index (χ3n) is 3.06. The van der Waals surface area contributed by atoms with Crippen molar-refractivity contribution in [2.45, 2.75) is 0 Å². The Bertz CT molecular complexity index is 789. The van der Waals surface area contributed by atoms with Crippen LogP contribution in [-0.4, -0.2) is 15.9 Å². The van der Waals surface area contributed by atoms with Gasteiger partial charge < -0.3 is 5.32 Å². The second kappa shape index (κ2) is 6.37. The van der Waals surface area contributed by atoms with Gasteiger partial charge in [0.15, 0.2) is 5.82 Å². The lowest BCUT2D eigenvalue weighted by Crippen LogP contribution is -2.12. The molecule has 1 amide bonds. The Morgan fingerprint density at radius 2 is 1.55 bits per heavy atom. The standard InChI is InChI=1S/C17H12ClN3O/c18-15-9-5-4-8-14(15)17(22)21-13-10-19-16(20-11-13)12-6-2-1-3-7-12/h1-11H,(H,21,22). The van der Waals surface area contributed by atoms with Crippen LogP contribution in [0.2, 0.25) is 5.02 Å². The first kappa shape index (κ1) is 14.2. The van der Waals surface area contributed by atoms with Crippen LogP contribution in [0.1, 0.15) is 10.4 Å². The van der Waals surface area contributed by atoms with Crippen LogP contribution in [0.3, 0.4) is 0 Å². The van der Waals surface area contributed by atoms with Crippen molar-refractivity contribution in [1.82, 2.24) is 9.97 Å². The van der Waals surface area contributed by atoms with Gasteiger partial charge in [0.25, 0.3) is 5.91 Å². The molecule has 0 unspecified atom stereocenters. The predicted molar refractivity (Wildman–Crippen MR) is 86.9 cm³/mol. The molecule has 0 saturated heterocycles. The second-order valence-electron chi connectivity index (χ2n) is 4.60. The molecule has 0 atom stereocenters. The highest BCUT2D eigenvalue weighted by atomic mass is 35.5. The average molecular weight is 310 g/mol. The monoisotopic (exact) mass is 309 g/mol. The number of carbonyl (C=O) groups excluding carboxylic acids is 1. The molecule has 0 bridgehead atoms. The minimum atomic E-state index is -0.290. The molecule has 108 valence electrons. The van der Waals surface area contributed by atoms with Crippen molar-refractivity contribution in [2.75, 3.05) is 5.32 Å². The largest absolute Gasteiger partial charge is 0.319 e. The summed E-state index contributed by atoms with van der Waals surface area (Å²) >= 11 is 6.00. The van der Waals surface area contributed by atoms with Gasteiger partial charge in [0.2, 0.25) is 0 Å². The van der Waals surface area contributed by atoms with E-state index >= 15 is 0 Å². The molecule has 3 rings (SSSR count). The molecule has 0 radical (unpaired) electrons. The quantitative estimate of drug-likeness (QED) is 0.794. The molecule has 22 heavy (non-hydrogen) atoms. The summed E-state index contributed by atoms with van der Waals surface area (Å²) in [5.74, 6) is 0.318. The third kappa shape index (κ3) is 3.13. The zero-order valence-electron chi connectivity index (χ0n) is 11.5. The van der Waals surface area contributed by atoms with E-state index in [1.54, 1.807) is 36.7 Å². The van der Waals surface area contributed by atoms with Gasteiger partial charge in [-0.1, -0.05) is 54.1 Å². The summed E-state index contributed by atoms with van der Waals surface area (Å²) in [5, 5.41) is 3.13. The maximum atomic E-state index is 12.1. The summed E-state index contributed by atoms with van der Waals surface area (Å²) in [5.41, 5.74) is 1.85. The molecule has 1 N–H and O–H groups in total. The van der Waals surface area contributed by atoms with Crippen LogP contribution in [-0.2, 0) is 0 Å². The van der Waals surface area contributed by atoms with Gasteiger partial charge in [-0.2, -0.15) is 0 Å². The van der Waals surface area contributed by atoms with Crippen LogP contribution in [0, 0.1) is 0 Å². The number of benzene rings is 2. The maximum Gasteiger partial charge on any atom is 0.257 e. The first-order valence-corrected chi connectivity index (χ1v) is 7.05. The van der Waals surface area contributed by atoms with E-state index in [0.29, 0.717) is 22.1 Å². The highest BCUT2D eigenvalue weighted by molar-refractivity contribution is 6.34. The molecule has 0 spiro atoms. The number of hydrogen-bond donors (Lipinski definition) is 1. The minimum Gasteiger partial charge on any atom is -0.319 e. The summed E-state index contributed by atoms with van der Waals surface area (Å²) < 4.78 is 0. The lowest BCUT2D eigenvalue weighted by Gasteiger charge is -2.06. The lowest BCUT2D eigenvalue weighted by atomic mass is 10.2. The number of nitrogens with zero attached hydrogens (tertiary/aromatic N) is 2. The van der Waals surface area contributed by atoms with Gasteiger partial charge in [0, 0.05) is 5.56 Å². The molecule has 0 aliphatic rings. The van der Waals surface area contributed by atoms with Crippen LogP contribution < -0.4 is 5.32 Å². The van der Waals surface area contributed by atoms with Gasteiger partial charge in [0.1, 0.15) is 0 Å². The molecule has 3 aromatic rings. The number of amides is 1. The zero-order valence-corrected chi connectivity index (χ0v) is 12.3. The van der Waals surface area contributed by atoms with E-state index in [9.17, 15) is 4.79 Å². The van der Waals surface area contributed by atoms with Crippen molar-refractivity contribution in [3.8, 4) is 11.4 Å². The Morgan fingerprint density at radius 3 is 2.23 bits per heavy atom. The van der Waals surface area contributed by atoms with Crippen molar-refractivity contribution >= 4 is 23.2 Å². The number of carbonyl (C=O) groups is 1. The lowest BCUT2D eigenvalue weighted by molar-refractivity contribution is 0.102. The molecule has 2 aromatic carbocycles. The van der Waals surface area contributed by atoms with Crippen molar-refractivity contribution < 1.29 is 4.79 Å². The molecular formula is C17H12ClN3O. The van der Waals surface area contributed by atoms with Gasteiger partial charge >= 0.3 is 0 Å². The van der Waals surface area contributed by atoms with Crippen LogP contribution in [0.25, 0.3) is 11.4 Å². The molecular weight excluding hydrogens is 298 g/mol. The fraction of sp³-hybridized carbons (Fsp3) is 0. The molecule has 0 aliphatic heterocycles. The van der Waals surface area contributed by atoms with E-state index in [1.165, 1.54) is 0 Å². The molecule has 1 aromatic heterocycles. The zero-order chi connectivity index (χ0) is 15.4. The Morgan fingerprint density at radius 1 is 0.909 bits per heavy atom. The summed E-state index contributed by atoms with van der Waals surface area (Å²) in [6, 6.07) is 16.5. The van der Waals surface area contributed by atoms with Crippen LogP contribution >= 0.6 is 11.6 Å². The Kier molecular flexibility index (Phi) is 4.12. The predicted octanol–water partition coefficient (Wildman–Crippen LogP) is 4.05. The number of rotatable bonds is 3. The number of halogens is 1. The van der Waals surface area contributed by atoms with Gasteiger partial charge in [0.05, 0.1) is 28.7 Å². The fourth-order valence-electron chi connectivity index (χ4n) is 1.97. The normalized spacial score (nSPS) is 10.2. The smallest absolute Gasteiger partial charge is 0.257 e. The van der Waals surface area contributed by atoms with Crippen molar-refractivity contribution in [3.05, 3.63) is 77.6 Å². The van der Waals surface area contributed by atoms with Crippen LogP contribution in [0.4, 0.5) is 5.69 Å². The van der Waals surface area contributed by atoms with E-state index in [4.69, 9.17) is 11.6 Å². The molecule has 1 heterocycles. The van der Waals surface area contributed by atoms with Gasteiger partial charge in [-0.25, -0.2) is 9.97 Å². The summed E-state index contributed by atoms with van der Waals surface area (Å²) in [4.78, 5) is 20.7. The number of hydrogen-bond acceptors (Lipinski definition) is 3. The number of nitrogens with one attached hydrogen (secondary N) is 1. The second-order valence-corrected chi connectivity index (χ2v) is 5.00. The summed E-state index contributed by atoms with van der Waals surface area (Å²) in [7, 11) is 0. The van der Waals surface area contributed by atoms with Crippen molar-refractivity contribution in [1.29, 1.82) is 0 Å². The highest BCUT2D eigenvalue weighted by Gasteiger charge is 2.10. The molecule has 4 nitrogen and oxygen atoms in total. The van der Waals surface area contributed by atoms with Crippen LogP contribution in [0.5, 0.6) is 0 Å². The van der Waals surface area contributed by atoms with E-state index in [-0.39, 0.29) is 5.91 Å². The van der Waals surface area contributed by atoms with E-state index in [1.807, 2.05) is 30.3 Å². The van der Waals surface area contributed by atoms with Gasteiger partial charge in [-0.15, -0.1) is 0 Å². The summed E-state index contributed by atoms with van der Waals surface area (Å²) in [6.07, 6.45) is 3.15. The van der Waals surface area contributed by atoms with E-state index in [2.05, 4.69) is 15.3 Å². The number of anilines is 1. The highest BCUT2D eigenvalue weighted by Crippen LogP contribution is 2.18. The average Bonchev–Trinajstić information content (AvgIpc) is 2.57. The topological polar surface area (TPSA) is 54.9 Å². The fourth-order valence-corrected chi connectivity index (χ4v) is 2.19. The Balaban J connectivity index is 1.77. The third-order valence-corrected chi connectivity index (χ3v) is 3.39. The summed E-state index contributed by atoms with van der Waals surface area (Å²) in [6.45, 7) is 0. The maximum absolute atomic E-state index is 12.1. The molecule has 5 heteroatoms. The first-order valence-electron chi connectivity index (χ1n) is 6.67. The first-order chi connectivity index (χ1) is 10.7. The molecule has 0 saturated carbocycles. The van der Waals surface area contributed by atoms with Crippen molar-refractivity contribution in [3.63, 3.8) is 0 Å². The van der Waals surface area contributed by atoms with Gasteiger partial charge in [-0.3, -0.25) is 4.79 Å². The molecule has 0 fully saturated rings. The SMILES string of the molecule is O=C(Nc1cnc(-c2ccccc2)nc1)c1ccccc1Cl. The minimum absolute atomic E-state index is 0.290. The van der Waals surface area contributed by atoms with Gasteiger partial charge in [-0.05, 0) is 12.1 Å². The van der Waals surface area contributed by atoms with Crippen LogP contribution in [0.15, 0.2) is 67.0 Å². The van der Waals surface area contributed by atoms with E-state index in [0.717, 1.165) is 5.56 Å². The Hall–Kier alpha value is -2.72. The Labute approximate surface area is 132 Å². The van der Waals surface area contributed by atoms with E-state index < -0.39 is 0 Å². The van der Waals surface area contributed by atoms with Crippen molar-refractivity contribution in [2.24, 2.45) is 0 Å². The number of aromatic nitrogens is 2. The molecule has 0 aliphatic carbocycles.